The summed E-state index contributed by atoms with van der Waals surface area (Å²) in [4.78, 5) is 0.446. The van der Waals surface area contributed by atoms with E-state index in [-0.39, 0.29) is 0 Å². The predicted octanol–water partition coefficient (Wildman–Crippen LogP) is 2.23. The Balaban J connectivity index is 2.37. The summed E-state index contributed by atoms with van der Waals surface area (Å²) in [5.74, 6) is 0. The van der Waals surface area contributed by atoms with Crippen LogP contribution in [0.1, 0.15) is 25.0 Å². The van der Waals surface area contributed by atoms with Crippen LogP contribution in [0.25, 0.3) is 0 Å². The van der Waals surface area contributed by atoms with Crippen LogP contribution in [0.2, 0.25) is 0 Å². The molecular formula is C15H24N2O2S2. The Hall–Kier alpha value is -0.560. The van der Waals surface area contributed by atoms with Crippen LogP contribution >= 0.6 is 11.8 Å². The molecule has 4 nitrogen and oxygen atoms in total. The highest BCUT2D eigenvalue weighted by Crippen LogP contribution is 2.30. The van der Waals surface area contributed by atoms with Gasteiger partial charge in [-0.3, -0.25) is 0 Å². The number of nitrogens with one attached hydrogen (secondary N) is 1. The quantitative estimate of drug-likeness (QED) is 0.921. The van der Waals surface area contributed by atoms with Gasteiger partial charge in [-0.05, 0) is 31.2 Å². The molecule has 1 fully saturated rings. The Morgan fingerprint density at radius 2 is 1.90 bits per heavy atom. The smallest absolute Gasteiger partial charge is 0.243 e. The molecule has 0 aliphatic carbocycles. The number of hydrogen-bond donors (Lipinski definition) is 1. The van der Waals surface area contributed by atoms with Gasteiger partial charge in [0.1, 0.15) is 0 Å². The Morgan fingerprint density at radius 3 is 2.48 bits per heavy atom. The first-order valence-electron chi connectivity index (χ1n) is 7.25. The molecule has 1 aromatic carbocycles. The number of nitrogens with zero attached hydrogens (tertiary/aromatic N) is 1. The third kappa shape index (κ3) is 3.62. The number of rotatable bonds is 4. The average molecular weight is 329 g/mol. The molecule has 0 aromatic heterocycles. The molecule has 1 heterocycles. The second kappa shape index (κ2) is 6.69. The van der Waals surface area contributed by atoms with Crippen molar-refractivity contribution in [1.82, 2.24) is 9.62 Å². The Bertz CT molecular complexity index is 592. The molecule has 0 spiro atoms. The molecule has 1 aliphatic heterocycles. The van der Waals surface area contributed by atoms with Crippen LogP contribution in [0.5, 0.6) is 0 Å². The molecule has 1 aromatic rings. The molecule has 21 heavy (non-hydrogen) atoms. The lowest BCUT2D eigenvalue weighted by molar-refractivity contribution is 0.404. The van der Waals surface area contributed by atoms with Gasteiger partial charge in [-0.1, -0.05) is 26.0 Å². The van der Waals surface area contributed by atoms with Crippen LogP contribution in [0.4, 0.5) is 0 Å². The molecule has 0 bridgehead atoms. The van der Waals surface area contributed by atoms with Gasteiger partial charge < -0.3 is 5.32 Å². The summed E-state index contributed by atoms with van der Waals surface area (Å²) in [6, 6.07) is 5.53. The van der Waals surface area contributed by atoms with Crippen LogP contribution < -0.4 is 5.32 Å². The van der Waals surface area contributed by atoms with Crippen molar-refractivity contribution in [2.45, 2.75) is 42.7 Å². The monoisotopic (exact) mass is 328 g/mol. The van der Waals surface area contributed by atoms with Crippen LogP contribution in [-0.2, 0) is 16.6 Å². The molecule has 1 aliphatic rings. The lowest BCUT2D eigenvalue weighted by Crippen LogP contribution is -2.44. The van der Waals surface area contributed by atoms with Crippen LogP contribution in [0, 0.1) is 6.92 Å². The SMILES string of the molecule is CNCc1cccc(S(=O)(=O)N2CC(C)SC(C)C2)c1C. The summed E-state index contributed by atoms with van der Waals surface area (Å²) < 4.78 is 27.5. The lowest BCUT2D eigenvalue weighted by atomic mass is 10.1. The van der Waals surface area contributed by atoms with E-state index in [1.807, 2.05) is 37.9 Å². The number of hydrogen-bond acceptors (Lipinski definition) is 4. The molecule has 2 unspecified atom stereocenters. The molecule has 0 amide bonds. The number of sulfonamides is 1. The van der Waals surface area contributed by atoms with Gasteiger partial charge in [0.15, 0.2) is 0 Å². The topological polar surface area (TPSA) is 49.4 Å². The largest absolute Gasteiger partial charge is 0.316 e. The standard InChI is InChI=1S/C15H24N2O2S2/c1-11-9-17(10-12(2)20-11)21(18,19)15-7-5-6-14(8-16-4)13(15)3/h5-7,11-12,16H,8-10H2,1-4H3. The van der Waals surface area contributed by atoms with Gasteiger partial charge in [-0.15, -0.1) is 0 Å². The van der Waals surface area contributed by atoms with Crippen molar-refractivity contribution < 1.29 is 8.42 Å². The second-order valence-electron chi connectivity index (χ2n) is 5.65. The fraction of sp³-hybridized carbons (Fsp3) is 0.600. The van der Waals surface area contributed by atoms with E-state index in [1.54, 1.807) is 10.4 Å². The second-order valence-corrected chi connectivity index (χ2v) is 9.44. The zero-order valence-corrected chi connectivity index (χ0v) is 14.7. The third-order valence-electron chi connectivity index (χ3n) is 3.77. The molecule has 1 saturated heterocycles. The van der Waals surface area contributed by atoms with Crippen molar-refractivity contribution in [2.24, 2.45) is 0 Å². The van der Waals surface area contributed by atoms with Crippen molar-refractivity contribution >= 4 is 21.8 Å². The van der Waals surface area contributed by atoms with E-state index in [2.05, 4.69) is 19.2 Å². The van der Waals surface area contributed by atoms with Crippen LogP contribution in [0.3, 0.4) is 0 Å². The van der Waals surface area contributed by atoms with Gasteiger partial charge >= 0.3 is 0 Å². The normalized spacial score (nSPS) is 24.2. The zero-order valence-electron chi connectivity index (χ0n) is 13.1. The van der Waals surface area contributed by atoms with Gasteiger partial charge in [-0.25, -0.2) is 8.42 Å². The fourth-order valence-corrected chi connectivity index (χ4v) is 6.19. The predicted molar refractivity (Wildman–Crippen MR) is 89.2 cm³/mol. The van der Waals surface area contributed by atoms with E-state index in [4.69, 9.17) is 0 Å². The summed E-state index contributed by atoms with van der Waals surface area (Å²) in [5.41, 5.74) is 1.89. The van der Waals surface area contributed by atoms with E-state index in [0.717, 1.165) is 11.1 Å². The van der Waals surface area contributed by atoms with Crippen molar-refractivity contribution in [3.05, 3.63) is 29.3 Å². The van der Waals surface area contributed by atoms with Crippen LogP contribution in [-0.4, -0.2) is 43.4 Å². The maximum absolute atomic E-state index is 13.0. The van der Waals surface area contributed by atoms with Gasteiger partial charge in [0.25, 0.3) is 0 Å². The van der Waals surface area contributed by atoms with Gasteiger partial charge in [0, 0.05) is 30.1 Å². The lowest BCUT2D eigenvalue weighted by Gasteiger charge is -2.34. The van der Waals surface area contributed by atoms with Crippen molar-refractivity contribution in [3.8, 4) is 0 Å². The highest BCUT2D eigenvalue weighted by atomic mass is 32.2. The molecule has 118 valence electrons. The highest BCUT2D eigenvalue weighted by Gasteiger charge is 2.33. The summed E-state index contributed by atoms with van der Waals surface area (Å²) in [7, 11) is -1.54. The summed E-state index contributed by atoms with van der Waals surface area (Å²) >= 11 is 1.86. The third-order valence-corrected chi connectivity index (χ3v) is 6.97. The van der Waals surface area contributed by atoms with Gasteiger partial charge in [-0.2, -0.15) is 16.1 Å². The van der Waals surface area contributed by atoms with E-state index >= 15 is 0 Å². The van der Waals surface area contributed by atoms with E-state index in [9.17, 15) is 8.42 Å². The van der Waals surface area contributed by atoms with Gasteiger partial charge in [0.2, 0.25) is 10.0 Å². The number of thioether (sulfide) groups is 1. The zero-order chi connectivity index (χ0) is 15.6. The minimum atomic E-state index is -3.41. The molecule has 2 atom stereocenters. The maximum Gasteiger partial charge on any atom is 0.243 e. The highest BCUT2D eigenvalue weighted by molar-refractivity contribution is 8.00. The first-order valence-corrected chi connectivity index (χ1v) is 9.63. The molecule has 2 rings (SSSR count). The maximum atomic E-state index is 13.0. The summed E-state index contributed by atoms with van der Waals surface area (Å²) in [6.45, 7) is 7.93. The van der Waals surface area contributed by atoms with Crippen molar-refractivity contribution in [1.29, 1.82) is 0 Å². The molecule has 0 radical (unpaired) electrons. The fourth-order valence-electron chi connectivity index (χ4n) is 2.79. The summed E-state index contributed by atoms with van der Waals surface area (Å²) in [5, 5.41) is 3.76. The summed E-state index contributed by atoms with van der Waals surface area (Å²) in [6.07, 6.45) is 0. The number of benzene rings is 1. The van der Waals surface area contributed by atoms with E-state index < -0.39 is 10.0 Å². The first-order chi connectivity index (χ1) is 9.86. The van der Waals surface area contributed by atoms with Gasteiger partial charge in [0.05, 0.1) is 4.90 Å². The Morgan fingerprint density at radius 1 is 1.29 bits per heavy atom. The Kier molecular flexibility index (Phi) is 5.35. The minimum Gasteiger partial charge on any atom is -0.316 e. The molecular weight excluding hydrogens is 304 g/mol. The van der Waals surface area contributed by atoms with Crippen LogP contribution in [0.15, 0.2) is 23.1 Å². The van der Waals surface area contributed by atoms with E-state index in [0.29, 0.717) is 35.0 Å². The average Bonchev–Trinajstić information content (AvgIpc) is 2.40. The molecule has 1 N–H and O–H groups in total. The Labute approximate surface area is 132 Å². The molecule has 6 heteroatoms. The van der Waals surface area contributed by atoms with E-state index in [1.165, 1.54) is 0 Å². The molecule has 0 saturated carbocycles. The first kappa shape index (κ1) is 16.8. The minimum absolute atomic E-state index is 0.337. The van der Waals surface area contributed by atoms with Crippen molar-refractivity contribution in [2.75, 3.05) is 20.1 Å². The van der Waals surface area contributed by atoms with Crippen molar-refractivity contribution in [3.63, 3.8) is 0 Å².